The summed E-state index contributed by atoms with van der Waals surface area (Å²) in [5.74, 6) is 0.0547. The van der Waals surface area contributed by atoms with Crippen LogP contribution in [0.3, 0.4) is 0 Å². The Morgan fingerprint density at radius 2 is 1.82 bits per heavy atom. The Morgan fingerprint density at radius 3 is 2.54 bits per heavy atom. The highest BCUT2D eigenvalue weighted by atomic mass is 79.9. The molecule has 0 aliphatic carbocycles. The van der Waals surface area contributed by atoms with Gasteiger partial charge in [-0.05, 0) is 41.5 Å². The van der Waals surface area contributed by atoms with Crippen molar-refractivity contribution in [3.63, 3.8) is 0 Å². The van der Waals surface area contributed by atoms with Gasteiger partial charge in [-0.25, -0.2) is 4.79 Å². The lowest BCUT2D eigenvalue weighted by molar-refractivity contribution is 0.0597. The van der Waals surface area contributed by atoms with Crippen molar-refractivity contribution in [1.29, 1.82) is 0 Å². The first kappa shape index (κ1) is 19.7. The predicted octanol–water partition coefficient (Wildman–Crippen LogP) is 5.69. The summed E-state index contributed by atoms with van der Waals surface area (Å²) in [6.45, 7) is 0.470. The number of hydrogen-bond donors (Lipinski definition) is 1. The molecule has 1 N–H and O–H groups in total. The van der Waals surface area contributed by atoms with E-state index in [0.717, 1.165) is 26.9 Å². The molecule has 3 rings (SSSR count). The zero-order valence-corrected chi connectivity index (χ0v) is 16.8. The molecule has 0 aliphatic heterocycles. The maximum atomic E-state index is 11.6. The molecule has 0 saturated heterocycles. The number of aromatic hydroxyl groups is 1. The van der Waals surface area contributed by atoms with E-state index in [0.29, 0.717) is 6.61 Å². The number of carbonyl (C=O) groups excluding carboxylic acids is 1. The van der Waals surface area contributed by atoms with Crippen molar-refractivity contribution < 1.29 is 19.4 Å². The van der Waals surface area contributed by atoms with E-state index in [1.54, 1.807) is 6.07 Å². The number of phenols is 1. The zero-order chi connectivity index (χ0) is 19.9. The minimum atomic E-state index is -0.573. The van der Waals surface area contributed by atoms with Crippen LogP contribution in [0.25, 0.3) is 12.2 Å². The second-order valence-electron chi connectivity index (χ2n) is 6.06. The average Bonchev–Trinajstić information content (AvgIpc) is 2.72. The number of carbonyl (C=O) groups is 1. The second kappa shape index (κ2) is 9.24. The number of benzene rings is 3. The quantitative estimate of drug-likeness (QED) is 0.396. The molecular formula is C23H19BrO4. The molecule has 0 unspecified atom stereocenters. The van der Waals surface area contributed by atoms with Crippen molar-refractivity contribution in [3.05, 3.63) is 93.5 Å². The fraction of sp³-hybridized carbons (Fsp3) is 0.0870. The molecule has 3 aromatic carbocycles. The standard InChI is InChI=1S/C23H19BrO4/c1-27-23(26)20-11-8-16(13-21(20)25)7-9-18-14-19(24)10-12-22(18)28-15-17-5-3-2-4-6-17/h2-14,25H,15H2,1H3/b9-7+. The largest absolute Gasteiger partial charge is 0.507 e. The Hall–Kier alpha value is -3.05. The summed E-state index contributed by atoms with van der Waals surface area (Å²) in [4.78, 5) is 11.6. The van der Waals surface area contributed by atoms with Gasteiger partial charge in [0.2, 0.25) is 0 Å². The van der Waals surface area contributed by atoms with Crippen LogP contribution in [0, 0.1) is 0 Å². The summed E-state index contributed by atoms with van der Waals surface area (Å²) < 4.78 is 11.5. The average molecular weight is 439 g/mol. The number of ether oxygens (including phenoxy) is 2. The van der Waals surface area contributed by atoms with Crippen molar-refractivity contribution in [1.82, 2.24) is 0 Å². The molecule has 0 bridgehead atoms. The Morgan fingerprint density at radius 1 is 1.04 bits per heavy atom. The molecule has 0 aromatic heterocycles. The van der Waals surface area contributed by atoms with E-state index >= 15 is 0 Å². The minimum absolute atomic E-state index is 0.121. The molecule has 0 spiro atoms. The molecule has 0 saturated carbocycles. The summed E-state index contributed by atoms with van der Waals surface area (Å²) in [5, 5.41) is 10.0. The van der Waals surface area contributed by atoms with Gasteiger partial charge >= 0.3 is 5.97 Å². The summed E-state index contributed by atoms with van der Waals surface area (Å²) in [6.07, 6.45) is 3.75. The normalized spacial score (nSPS) is 10.8. The second-order valence-corrected chi connectivity index (χ2v) is 6.97. The molecule has 4 nitrogen and oxygen atoms in total. The molecule has 0 fully saturated rings. The van der Waals surface area contributed by atoms with E-state index in [9.17, 15) is 9.90 Å². The van der Waals surface area contributed by atoms with Crippen molar-refractivity contribution >= 4 is 34.1 Å². The molecule has 0 atom stereocenters. The lowest BCUT2D eigenvalue weighted by atomic mass is 10.1. The first-order valence-electron chi connectivity index (χ1n) is 8.62. The van der Waals surface area contributed by atoms with Crippen molar-refractivity contribution in [2.75, 3.05) is 7.11 Å². The van der Waals surface area contributed by atoms with Crippen LogP contribution >= 0.6 is 15.9 Å². The molecule has 28 heavy (non-hydrogen) atoms. The van der Waals surface area contributed by atoms with Crippen LogP contribution in [0.5, 0.6) is 11.5 Å². The Balaban J connectivity index is 1.80. The molecule has 0 aliphatic rings. The van der Waals surface area contributed by atoms with Crippen LogP contribution < -0.4 is 4.74 Å². The molecule has 0 amide bonds. The van der Waals surface area contributed by atoms with Crippen LogP contribution in [0.2, 0.25) is 0 Å². The van der Waals surface area contributed by atoms with Gasteiger partial charge in [0.1, 0.15) is 23.7 Å². The van der Waals surface area contributed by atoms with Gasteiger partial charge in [-0.1, -0.05) is 64.5 Å². The fourth-order valence-corrected chi connectivity index (χ4v) is 3.02. The van der Waals surface area contributed by atoms with Crippen LogP contribution in [-0.2, 0) is 11.3 Å². The van der Waals surface area contributed by atoms with E-state index in [1.165, 1.54) is 19.2 Å². The third kappa shape index (κ3) is 5.02. The summed E-state index contributed by atoms with van der Waals surface area (Å²) in [5.41, 5.74) is 2.86. The van der Waals surface area contributed by atoms with Crippen LogP contribution in [0.15, 0.2) is 71.2 Å². The number of rotatable bonds is 6. The first-order valence-corrected chi connectivity index (χ1v) is 9.42. The van der Waals surface area contributed by atoms with Gasteiger partial charge in [-0.15, -0.1) is 0 Å². The molecule has 0 heterocycles. The lowest BCUT2D eigenvalue weighted by Crippen LogP contribution is -2.01. The van der Waals surface area contributed by atoms with Crippen molar-refractivity contribution in [2.24, 2.45) is 0 Å². The predicted molar refractivity (Wildman–Crippen MR) is 113 cm³/mol. The first-order chi connectivity index (χ1) is 13.6. The van der Waals surface area contributed by atoms with E-state index in [-0.39, 0.29) is 11.3 Å². The number of methoxy groups -OCH3 is 1. The lowest BCUT2D eigenvalue weighted by Gasteiger charge is -2.10. The van der Waals surface area contributed by atoms with Gasteiger partial charge in [0.25, 0.3) is 0 Å². The van der Waals surface area contributed by atoms with Gasteiger partial charge in [0.05, 0.1) is 7.11 Å². The van der Waals surface area contributed by atoms with Crippen LogP contribution in [0.4, 0.5) is 0 Å². The van der Waals surface area contributed by atoms with E-state index in [1.807, 2.05) is 60.7 Å². The smallest absolute Gasteiger partial charge is 0.341 e. The van der Waals surface area contributed by atoms with E-state index < -0.39 is 5.97 Å². The third-order valence-electron chi connectivity index (χ3n) is 4.09. The third-order valence-corrected chi connectivity index (χ3v) is 4.58. The Labute approximate surface area is 172 Å². The van der Waals surface area contributed by atoms with Gasteiger partial charge < -0.3 is 14.6 Å². The SMILES string of the molecule is COC(=O)c1ccc(/C=C/c2cc(Br)ccc2OCc2ccccc2)cc1O. The number of phenolic OH excluding ortho intramolecular Hbond substituents is 1. The Bertz CT molecular complexity index is 997. The highest BCUT2D eigenvalue weighted by molar-refractivity contribution is 9.10. The zero-order valence-electron chi connectivity index (χ0n) is 15.3. The molecule has 142 valence electrons. The van der Waals surface area contributed by atoms with E-state index in [4.69, 9.17) is 4.74 Å². The monoisotopic (exact) mass is 438 g/mol. The number of hydrogen-bond acceptors (Lipinski definition) is 4. The molecule has 5 heteroatoms. The van der Waals surface area contributed by atoms with Crippen LogP contribution in [0.1, 0.15) is 27.0 Å². The topological polar surface area (TPSA) is 55.8 Å². The van der Waals surface area contributed by atoms with Gasteiger partial charge in [0, 0.05) is 10.0 Å². The summed E-state index contributed by atoms with van der Waals surface area (Å²) in [6, 6.07) is 20.5. The highest BCUT2D eigenvalue weighted by Gasteiger charge is 2.11. The maximum Gasteiger partial charge on any atom is 0.341 e. The van der Waals surface area contributed by atoms with Gasteiger partial charge in [-0.2, -0.15) is 0 Å². The highest BCUT2D eigenvalue weighted by Crippen LogP contribution is 2.27. The van der Waals surface area contributed by atoms with Crippen LogP contribution in [-0.4, -0.2) is 18.2 Å². The maximum absolute atomic E-state index is 11.6. The number of halogens is 1. The van der Waals surface area contributed by atoms with Gasteiger partial charge in [-0.3, -0.25) is 0 Å². The summed E-state index contributed by atoms with van der Waals surface area (Å²) in [7, 11) is 1.28. The molecular weight excluding hydrogens is 420 g/mol. The Kier molecular flexibility index (Phi) is 6.50. The van der Waals surface area contributed by atoms with Crippen molar-refractivity contribution in [2.45, 2.75) is 6.61 Å². The minimum Gasteiger partial charge on any atom is -0.507 e. The number of esters is 1. The molecule has 3 aromatic rings. The van der Waals surface area contributed by atoms with Crippen molar-refractivity contribution in [3.8, 4) is 11.5 Å². The van der Waals surface area contributed by atoms with E-state index in [2.05, 4.69) is 20.7 Å². The molecule has 0 radical (unpaired) electrons. The summed E-state index contributed by atoms with van der Waals surface area (Å²) >= 11 is 3.48. The fourth-order valence-electron chi connectivity index (χ4n) is 2.64. The van der Waals surface area contributed by atoms with Gasteiger partial charge in [0.15, 0.2) is 0 Å².